The summed E-state index contributed by atoms with van der Waals surface area (Å²) in [5.41, 5.74) is 4.62. The molecule has 1 aromatic heterocycles. The number of hydrogen-bond donors (Lipinski definition) is 1. The molecule has 1 aliphatic heterocycles. The van der Waals surface area contributed by atoms with Crippen LogP contribution in [0.4, 0.5) is 0 Å². The zero-order valence-electron chi connectivity index (χ0n) is 15.0. The quantitative estimate of drug-likeness (QED) is 0.920. The van der Waals surface area contributed by atoms with Gasteiger partial charge in [-0.05, 0) is 50.8 Å². The van der Waals surface area contributed by atoms with Gasteiger partial charge in [-0.1, -0.05) is 19.1 Å². The second-order valence-electron chi connectivity index (χ2n) is 7.51. The summed E-state index contributed by atoms with van der Waals surface area (Å²) in [4.78, 5) is 19.7. The Morgan fingerprint density at radius 3 is 2.79 bits per heavy atom. The molecule has 0 spiro atoms. The van der Waals surface area contributed by atoms with Crippen molar-refractivity contribution < 1.29 is 9.90 Å². The molecule has 0 aliphatic carbocycles. The van der Waals surface area contributed by atoms with Crippen LogP contribution in [0.3, 0.4) is 0 Å². The van der Waals surface area contributed by atoms with Crippen LogP contribution < -0.4 is 0 Å². The molecule has 2 aromatic rings. The first-order valence-corrected chi connectivity index (χ1v) is 8.62. The lowest BCUT2D eigenvalue weighted by Gasteiger charge is -2.39. The van der Waals surface area contributed by atoms with E-state index in [-0.39, 0.29) is 17.9 Å². The highest BCUT2D eigenvalue weighted by Gasteiger charge is 2.33. The summed E-state index contributed by atoms with van der Waals surface area (Å²) < 4.78 is 0. The van der Waals surface area contributed by atoms with E-state index in [1.165, 1.54) is 5.56 Å². The second kappa shape index (κ2) is 6.17. The zero-order chi connectivity index (χ0) is 17.5. The van der Waals surface area contributed by atoms with Gasteiger partial charge >= 0.3 is 0 Å². The van der Waals surface area contributed by atoms with E-state index in [1.54, 1.807) is 0 Å². The molecule has 128 valence electrons. The largest absolute Gasteiger partial charge is 0.396 e. The van der Waals surface area contributed by atoms with Gasteiger partial charge in [0, 0.05) is 29.6 Å². The average molecular weight is 326 g/mol. The van der Waals surface area contributed by atoms with E-state index >= 15 is 0 Å². The molecule has 4 heteroatoms. The SMILES string of the molecule is Cc1cc(C(=O)N2CCC[C@@](C)(CO)C2)c2ccc(C)c(C)c2n1. The van der Waals surface area contributed by atoms with E-state index in [2.05, 4.69) is 31.8 Å². The van der Waals surface area contributed by atoms with E-state index in [1.807, 2.05) is 24.0 Å². The van der Waals surface area contributed by atoms with Crippen molar-refractivity contribution in [2.75, 3.05) is 19.7 Å². The Balaban J connectivity index is 2.06. The predicted octanol–water partition coefficient (Wildman–Crippen LogP) is 3.39. The number of aryl methyl sites for hydroxylation is 3. The molecular weight excluding hydrogens is 300 g/mol. The number of aromatic nitrogens is 1. The lowest BCUT2D eigenvalue weighted by Crippen LogP contribution is -2.46. The summed E-state index contributed by atoms with van der Waals surface area (Å²) in [5.74, 6) is 0.0492. The highest BCUT2D eigenvalue weighted by Crippen LogP contribution is 2.31. The fourth-order valence-corrected chi connectivity index (χ4v) is 3.62. The standard InChI is InChI=1S/C20H26N2O2/c1-13-6-7-16-17(10-14(2)21-18(16)15(13)3)19(24)22-9-5-8-20(4,11-22)12-23/h6-7,10,23H,5,8-9,11-12H2,1-4H3/t20-/m1/s1. The van der Waals surface area contributed by atoms with Gasteiger partial charge in [-0.15, -0.1) is 0 Å². The first kappa shape index (κ1) is 16.9. The fraction of sp³-hybridized carbons (Fsp3) is 0.500. The Labute approximate surface area is 143 Å². The topological polar surface area (TPSA) is 53.4 Å². The van der Waals surface area contributed by atoms with E-state index in [0.717, 1.165) is 47.1 Å². The highest BCUT2D eigenvalue weighted by atomic mass is 16.3. The van der Waals surface area contributed by atoms with E-state index in [9.17, 15) is 9.90 Å². The molecular formula is C20H26N2O2. The number of carbonyl (C=O) groups is 1. The molecule has 1 aliphatic rings. The van der Waals surface area contributed by atoms with Crippen molar-refractivity contribution in [1.29, 1.82) is 0 Å². The molecule has 0 unspecified atom stereocenters. The predicted molar refractivity (Wildman–Crippen MR) is 96.3 cm³/mol. The van der Waals surface area contributed by atoms with Crippen LogP contribution in [-0.2, 0) is 0 Å². The summed E-state index contributed by atoms with van der Waals surface area (Å²) in [6.45, 7) is 9.59. The van der Waals surface area contributed by atoms with Crippen molar-refractivity contribution in [3.8, 4) is 0 Å². The Kier molecular flexibility index (Phi) is 4.35. The maximum absolute atomic E-state index is 13.2. The summed E-state index contributed by atoms with van der Waals surface area (Å²) in [6.07, 6.45) is 1.89. The minimum atomic E-state index is -0.196. The molecule has 0 saturated carbocycles. The molecule has 1 aromatic carbocycles. The Morgan fingerprint density at radius 2 is 2.08 bits per heavy atom. The molecule has 1 atom stereocenters. The number of benzene rings is 1. The zero-order valence-corrected chi connectivity index (χ0v) is 15.0. The van der Waals surface area contributed by atoms with Crippen molar-refractivity contribution in [3.05, 3.63) is 40.6 Å². The van der Waals surface area contributed by atoms with Gasteiger partial charge in [0.2, 0.25) is 0 Å². The molecule has 0 radical (unpaired) electrons. The summed E-state index contributed by atoms with van der Waals surface area (Å²) in [5, 5.41) is 10.6. The fourth-order valence-electron chi connectivity index (χ4n) is 3.62. The number of hydrogen-bond acceptors (Lipinski definition) is 3. The average Bonchev–Trinajstić information content (AvgIpc) is 2.57. The Bertz CT molecular complexity index is 800. The van der Waals surface area contributed by atoms with Crippen LogP contribution in [0.25, 0.3) is 10.9 Å². The van der Waals surface area contributed by atoms with Gasteiger partial charge in [0.05, 0.1) is 17.7 Å². The minimum Gasteiger partial charge on any atom is -0.396 e. The smallest absolute Gasteiger partial charge is 0.254 e. The number of likely N-dealkylation sites (tertiary alicyclic amines) is 1. The number of aliphatic hydroxyl groups excluding tert-OH is 1. The molecule has 4 nitrogen and oxygen atoms in total. The van der Waals surface area contributed by atoms with Crippen LogP contribution in [0, 0.1) is 26.2 Å². The van der Waals surface area contributed by atoms with Gasteiger partial charge in [0.25, 0.3) is 5.91 Å². The van der Waals surface area contributed by atoms with Crippen molar-refractivity contribution >= 4 is 16.8 Å². The number of carbonyl (C=O) groups excluding carboxylic acids is 1. The molecule has 0 bridgehead atoms. The molecule has 1 fully saturated rings. The third kappa shape index (κ3) is 2.91. The molecule has 3 rings (SSSR count). The van der Waals surface area contributed by atoms with E-state index < -0.39 is 0 Å². The lowest BCUT2D eigenvalue weighted by atomic mass is 9.82. The van der Waals surface area contributed by atoms with Crippen molar-refractivity contribution in [1.82, 2.24) is 9.88 Å². The van der Waals surface area contributed by atoms with Crippen molar-refractivity contribution in [2.45, 2.75) is 40.5 Å². The van der Waals surface area contributed by atoms with Crippen molar-refractivity contribution in [2.24, 2.45) is 5.41 Å². The summed E-state index contributed by atoms with van der Waals surface area (Å²) in [6, 6.07) is 5.95. The summed E-state index contributed by atoms with van der Waals surface area (Å²) in [7, 11) is 0. The molecule has 2 heterocycles. The van der Waals surface area contributed by atoms with Gasteiger partial charge < -0.3 is 10.0 Å². The Morgan fingerprint density at radius 1 is 1.33 bits per heavy atom. The van der Waals surface area contributed by atoms with Crippen LogP contribution in [0.5, 0.6) is 0 Å². The van der Waals surface area contributed by atoms with Crippen LogP contribution in [-0.4, -0.2) is 40.6 Å². The first-order chi connectivity index (χ1) is 11.3. The van der Waals surface area contributed by atoms with Gasteiger partial charge in [-0.25, -0.2) is 0 Å². The maximum Gasteiger partial charge on any atom is 0.254 e. The number of nitrogens with zero attached hydrogens (tertiary/aromatic N) is 2. The molecule has 1 amide bonds. The van der Waals surface area contributed by atoms with Crippen LogP contribution in [0.2, 0.25) is 0 Å². The van der Waals surface area contributed by atoms with Gasteiger partial charge in [-0.3, -0.25) is 9.78 Å². The molecule has 1 saturated heterocycles. The second-order valence-corrected chi connectivity index (χ2v) is 7.51. The maximum atomic E-state index is 13.2. The number of fused-ring (bicyclic) bond motifs is 1. The van der Waals surface area contributed by atoms with Gasteiger partial charge in [-0.2, -0.15) is 0 Å². The van der Waals surface area contributed by atoms with Crippen molar-refractivity contribution in [3.63, 3.8) is 0 Å². The number of rotatable bonds is 2. The van der Waals surface area contributed by atoms with Gasteiger partial charge in [0.1, 0.15) is 0 Å². The number of piperidine rings is 1. The van der Waals surface area contributed by atoms with Crippen LogP contribution in [0.1, 0.15) is 46.9 Å². The van der Waals surface area contributed by atoms with E-state index in [4.69, 9.17) is 0 Å². The monoisotopic (exact) mass is 326 g/mol. The van der Waals surface area contributed by atoms with Crippen LogP contribution >= 0.6 is 0 Å². The highest BCUT2D eigenvalue weighted by molar-refractivity contribution is 6.07. The molecule has 24 heavy (non-hydrogen) atoms. The first-order valence-electron chi connectivity index (χ1n) is 8.62. The number of pyridine rings is 1. The molecule has 1 N–H and O–H groups in total. The summed E-state index contributed by atoms with van der Waals surface area (Å²) >= 11 is 0. The third-order valence-electron chi connectivity index (χ3n) is 5.31. The minimum absolute atomic E-state index is 0.0492. The van der Waals surface area contributed by atoms with Crippen LogP contribution in [0.15, 0.2) is 18.2 Å². The normalized spacial score (nSPS) is 21.3. The Hall–Kier alpha value is -1.94. The third-order valence-corrected chi connectivity index (χ3v) is 5.31. The number of aliphatic hydroxyl groups is 1. The van der Waals surface area contributed by atoms with E-state index in [0.29, 0.717) is 6.54 Å². The van der Waals surface area contributed by atoms with Gasteiger partial charge in [0.15, 0.2) is 0 Å². The lowest BCUT2D eigenvalue weighted by molar-refractivity contribution is 0.0359. The number of amides is 1.